The summed E-state index contributed by atoms with van der Waals surface area (Å²) in [7, 11) is 0. The van der Waals surface area contributed by atoms with Crippen molar-refractivity contribution in [3.63, 3.8) is 0 Å². The molecule has 0 aromatic carbocycles. The Balaban J connectivity index is 1.58. The van der Waals surface area contributed by atoms with Crippen molar-refractivity contribution in [1.29, 1.82) is 0 Å². The lowest BCUT2D eigenvalue weighted by molar-refractivity contribution is -0.238. The van der Waals surface area contributed by atoms with Crippen LogP contribution in [0.4, 0.5) is 0 Å². The van der Waals surface area contributed by atoms with Crippen LogP contribution in [0.5, 0.6) is 0 Å². The Bertz CT molecular complexity index is 633. The van der Waals surface area contributed by atoms with E-state index in [1.807, 2.05) is 0 Å². The van der Waals surface area contributed by atoms with Gasteiger partial charge in [0.25, 0.3) is 0 Å². The molecular weight excluding hydrogens is 438 g/mol. The minimum absolute atomic E-state index is 0.184. The summed E-state index contributed by atoms with van der Waals surface area (Å²) in [6.45, 7) is -0.256. The van der Waals surface area contributed by atoms with Crippen LogP contribution in [-0.4, -0.2) is 108 Å². The number of hydrogen-bond donors (Lipinski definition) is 8. The van der Waals surface area contributed by atoms with Gasteiger partial charge in [-0.3, -0.25) is 4.79 Å². The third kappa shape index (κ3) is 6.80. The van der Waals surface area contributed by atoms with Gasteiger partial charge in [-0.15, -0.1) is 0 Å². The lowest BCUT2D eigenvalue weighted by Gasteiger charge is -2.37. The van der Waals surface area contributed by atoms with Crippen LogP contribution in [0.15, 0.2) is 0 Å². The van der Waals surface area contributed by atoms with E-state index in [1.54, 1.807) is 0 Å². The average molecular weight is 478 g/mol. The summed E-state index contributed by atoms with van der Waals surface area (Å²) in [6, 6.07) is -0.984. The highest BCUT2D eigenvalue weighted by atomic mass is 16.7. The predicted molar refractivity (Wildman–Crippen MR) is 115 cm³/mol. The van der Waals surface area contributed by atoms with Crippen LogP contribution in [0, 0.1) is 0 Å². The van der Waals surface area contributed by atoms with Gasteiger partial charge in [-0.2, -0.15) is 0 Å². The summed E-state index contributed by atoms with van der Waals surface area (Å²) in [5.74, 6) is -0.569. The maximum absolute atomic E-state index is 12.0. The highest BCUT2D eigenvalue weighted by Crippen LogP contribution is 2.31. The van der Waals surface area contributed by atoms with E-state index < -0.39 is 61.7 Å². The van der Waals surface area contributed by atoms with E-state index >= 15 is 0 Å². The molecular formula is C20H39N5O8. The topological polar surface area (TPSA) is 231 Å². The number of nitrogens with one attached hydrogen (secondary N) is 1. The molecule has 1 aliphatic carbocycles. The minimum Gasteiger partial charge on any atom is -0.394 e. The molecule has 0 aromatic heterocycles. The Kier molecular flexibility index (Phi) is 9.79. The van der Waals surface area contributed by atoms with Gasteiger partial charge in [0, 0.05) is 25.2 Å². The highest BCUT2D eigenvalue weighted by Gasteiger charge is 2.48. The first-order chi connectivity index (χ1) is 15.7. The van der Waals surface area contributed by atoms with E-state index in [2.05, 4.69) is 5.32 Å². The van der Waals surface area contributed by atoms with Crippen molar-refractivity contribution in [2.75, 3.05) is 19.7 Å². The number of hydrogen-bond acceptors (Lipinski definition) is 12. The molecule has 3 fully saturated rings. The Labute approximate surface area is 193 Å². The first kappa shape index (κ1) is 26.6. The number of aliphatic hydroxyl groups excluding tert-OH is 3. The van der Waals surface area contributed by atoms with Crippen molar-refractivity contribution in [2.24, 2.45) is 22.9 Å². The summed E-state index contributed by atoms with van der Waals surface area (Å²) in [5, 5.41) is 32.9. The van der Waals surface area contributed by atoms with Gasteiger partial charge >= 0.3 is 0 Å². The predicted octanol–water partition coefficient (Wildman–Crippen LogP) is -4.06. The molecule has 11 atom stereocenters. The molecule has 2 aliphatic heterocycles. The second-order valence-electron chi connectivity index (χ2n) is 9.10. The van der Waals surface area contributed by atoms with Gasteiger partial charge in [0.15, 0.2) is 12.6 Å². The van der Waals surface area contributed by atoms with Crippen LogP contribution >= 0.6 is 0 Å². The van der Waals surface area contributed by atoms with E-state index in [0.717, 1.165) is 6.42 Å². The van der Waals surface area contributed by atoms with E-state index in [-0.39, 0.29) is 24.7 Å². The zero-order valence-corrected chi connectivity index (χ0v) is 18.7. The second kappa shape index (κ2) is 12.1. The Hall–Kier alpha value is -0.970. The third-order valence-corrected chi connectivity index (χ3v) is 6.42. The second-order valence-corrected chi connectivity index (χ2v) is 9.10. The third-order valence-electron chi connectivity index (χ3n) is 6.42. The Morgan fingerprint density at radius 3 is 2.52 bits per heavy atom. The molecule has 0 radical (unpaired) electrons. The maximum atomic E-state index is 12.0. The largest absolute Gasteiger partial charge is 0.394 e. The number of carbonyl (C=O) groups excluding carboxylic acids is 1. The van der Waals surface area contributed by atoms with Gasteiger partial charge < -0.3 is 62.5 Å². The SMILES string of the molecule is NC[C@H]1CC[C@@H](N)[C@@H](O[C@H]2[C@@H](O)[C@H](O[C@H]3C[C@@H](N)C[C@@H](NC(=O)[C@@H](O)CN)C3)O[C@@H]2CO)O1. The molecule has 0 aromatic rings. The molecule has 3 rings (SSSR count). The summed E-state index contributed by atoms with van der Waals surface area (Å²) in [4.78, 5) is 12.0. The molecule has 2 saturated heterocycles. The zero-order valence-electron chi connectivity index (χ0n) is 18.7. The van der Waals surface area contributed by atoms with Crippen LogP contribution in [0.25, 0.3) is 0 Å². The van der Waals surface area contributed by atoms with E-state index in [0.29, 0.717) is 32.2 Å². The molecule has 3 aliphatic rings. The summed E-state index contributed by atoms with van der Waals surface area (Å²) in [6.07, 6.45) is -3.95. The molecule has 192 valence electrons. The fourth-order valence-corrected chi connectivity index (χ4v) is 4.60. The van der Waals surface area contributed by atoms with Crippen molar-refractivity contribution in [1.82, 2.24) is 5.32 Å². The minimum atomic E-state index is -1.29. The average Bonchev–Trinajstić information content (AvgIpc) is 3.08. The number of nitrogens with two attached hydrogens (primary N) is 4. The monoisotopic (exact) mass is 477 g/mol. The summed E-state index contributed by atoms with van der Waals surface area (Å²) in [5.41, 5.74) is 23.3. The van der Waals surface area contributed by atoms with E-state index in [4.69, 9.17) is 41.9 Å². The van der Waals surface area contributed by atoms with Crippen LogP contribution in [0.2, 0.25) is 0 Å². The fourth-order valence-electron chi connectivity index (χ4n) is 4.60. The molecule has 0 unspecified atom stereocenters. The lowest BCUT2D eigenvalue weighted by atomic mass is 9.89. The van der Waals surface area contributed by atoms with Gasteiger partial charge in [0.2, 0.25) is 5.91 Å². The van der Waals surface area contributed by atoms with Crippen molar-refractivity contribution in [3.05, 3.63) is 0 Å². The Morgan fingerprint density at radius 2 is 1.85 bits per heavy atom. The van der Waals surface area contributed by atoms with Crippen LogP contribution in [0.3, 0.4) is 0 Å². The normalized spacial score (nSPS) is 42.8. The van der Waals surface area contributed by atoms with Gasteiger partial charge in [-0.1, -0.05) is 0 Å². The molecule has 0 bridgehead atoms. The van der Waals surface area contributed by atoms with Crippen molar-refractivity contribution >= 4 is 5.91 Å². The van der Waals surface area contributed by atoms with Crippen LogP contribution < -0.4 is 28.3 Å². The fraction of sp³-hybridized carbons (Fsp3) is 0.950. The highest BCUT2D eigenvalue weighted by molar-refractivity contribution is 5.81. The first-order valence-electron chi connectivity index (χ1n) is 11.6. The molecule has 13 heteroatoms. The molecule has 0 spiro atoms. The zero-order chi connectivity index (χ0) is 24.1. The van der Waals surface area contributed by atoms with Crippen LogP contribution in [-0.2, 0) is 23.7 Å². The van der Waals surface area contributed by atoms with Gasteiger partial charge in [0.1, 0.15) is 24.4 Å². The van der Waals surface area contributed by atoms with Gasteiger partial charge in [-0.25, -0.2) is 0 Å². The van der Waals surface area contributed by atoms with Crippen molar-refractivity contribution in [2.45, 2.75) is 99.4 Å². The molecule has 2 heterocycles. The number of carbonyl (C=O) groups is 1. The van der Waals surface area contributed by atoms with E-state index in [9.17, 15) is 20.1 Å². The number of rotatable bonds is 9. The van der Waals surface area contributed by atoms with Gasteiger partial charge in [-0.05, 0) is 32.1 Å². The summed E-state index contributed by atoms with van der Waals surface area (Å²) < 4.78 is 23.4. The lowest BCUT2D eigenvalue weighted by Crippen LogP contribution is -2.52. The van der Waals surface area contributed by atoms with Gasteiger partial charge in [0.05, 0.1) is 24.9 Å². The van der Waals surface area contributed by atoms with Crippen molar-refractivity contribution < 1.29 is 39.1 Å². The van der Waals surface area contributed by atoms with Crippen LogP contribution in [0.1, 0.15) is 32.1 Å². The number of aliphatic hydroxyl groups is 3. The quantitative estimate of drug-likeness (QED) is 0.158. The molecule has 33 heavy (non-hydrogen) atoms. The molecule has 12 N–H and O–H groups in total. The summed E-state index contributed by atoms with van der Waals surface area (Å²) >= 11 is 0. The first-order valence-corrected chi connectivity index (χ1v) is 11.6. The molecule has 1 saturated carbocycles. The Morgan fingerprint density at radius 1 is 1.09 bits per heavy atom. The molecule has 13 nitrogen and oxygen atoms in total. The number of amides is 1. The smallest absolute Gasteiger partial charge is 0.250 e. The number of ether oxygens (including phenoxy) is 4. The van der Waals surface area contributed by atoms with Crippen molar-refractivity contribution in [3.8, 4) is 0 Å². The molecule has 1 amide bonds. The standard InChI is InChI=1S/C20H39N5O8/c21-6-11-1-2-13(24)19(30-11)33-17-15(8-26)32-20(16(17)28)31-12-4-9(23)3-10(5-12)25-18(29)14(27)7-22/h9-17,19-20,26-28H,1-8,21-24H2,(H,25,29)/t9-,10+,11+,12-,13+,14-,15+,16+,17+,19+,20+/m0/s1. The maximum Gasteiger partial charge on any atom is 0.250 e. The van der Waals surface area contributed by atoms with E-state index in [1.165, 1.54) is 0 Å².